The monoisotopic (exact) mass is 259 g/mol. The first-order valence-electron chi connectivity index (χ1n) is 7.64. The molecular formula is C17H25NO. The van der Waals surface area contributed by atoms with Crippen molar-refractivity contribution in [1.29, 1.82) is 0 Å². The summed E-state index contributed by atoms with van der Waals surface area (Å²) in [4.78, 5) is 2.45. The van der Waals surface area contributed by atoms with Crippen LogP contribution in [0.4, 0.5) is 0 Å². The van der Waals surface area contributed by atoms with E-state index in [0.29, 0.717) is 6.04 Å². The van der Waals surface area contributed by atoms with Gasteiger partial charge in [-0.1, -0.05) is 31.2 Å². The topological polar surface area (TPSA) is 23.5 Å². The van der Waals surface area contributed by atoms with Crippen LogP contribution in [0.3, 0.4) is 0 Å². The van der Waals surface area contributed by atoms with E-state index in [-0.39, 0.29) is 12.1 Å². The van der Waals surface area contributed by atoms with Crippen LogP contribution < -0.4 is 0 Å². The Balaban J connectivity index is 1.71. The predicted octanol–water partition coefficient (Wildman–Crippen LogP) is 3.16. The van der Waals surface area contributed by atoms with E-state index in [1.165, 1.54) is 31.2 Å². The molecule has 3 rings (SSSR count). The lowest BCUT2D eigenvalue weighted by molar-refractivity contribution is 0.0366. The lowest BCUT2D eigenvalue weighted by atomic mass is 9.86. The Bertz CT molecular complexity index is 437. The van der Waals surface area contributed by atoms with Gasteiger partial charge in [0.25, 0.3) is 0 Å². The third-order valence-corrected chi connectivity index (χ3v) is 5.25. The maximum absolute atomic E-state index is 10.6. The Morgan fingerprint density at radius 1 is 1.11 bits per heavy atom. The molecule has 0 radical (unpaired) electrons. The number of nitrogens with zero attached hydrogens (tertiary/aromatic N) is 1. The quantitative estimate of drug-likeness (QED) is 0.882. The maximum atomic E-state index is 10.6. The molecule has 0 bridgehead atoms. The third kappa shape index (κ3) is 2.44. The van der Waals surface area contributed by atoms with Crippen molar-refractivity contribution in [3.63, 3.8) is 0 Å². The number of hydrogen-bond acceptors (Lipinski definition) is 2. The van der Waals surface area contributed by atoms with Crippen LogP contribution in [-0.2, 0) is 6.42 Å². The summed E-state index contributed by atoms with van der Waals surface area (Å²) in [6, 6.07) is 9.29. The molecule has 0 aliphatic heterocycles. The summed E-state index contributed by atoms with van der Waals surface area (Å²) in [6.45, 7) is 2.36. The van der Waals surface area contributed by atoms with E-state index in [1.54, 1.807) is 0 Å². The maximum Gasteiger partial charge on any atom is 0.0951 e. The van der Waals surface area contributed by atoms with Gasteiger partial charge in [-0.25, -0.2) is 0 Å². The van der Waals surface area contributed by atoms with Gasteiger partial charge in [-0.2, -0.15) is 0 Å². The molecule has 2 aliphatic rings. The van der Waals surface area contributed by atoms with Crippen LogP contribution in [-0.4, -0.2) is 29.1 Å². The summed E-state index contributed by atoms with van der Waals surface area (Å²) < 4.78 is 0. The molecule has 0 aromatic heterocycles. The molecule has 1 aromatic carbocycles. The normalized spacial score (nSPS) is 34.5. The average molecular weight is 259 g/mol. The van der Waals surface area contributed by atoms with Gasteiger partial charge >= 0.3 is 0 Å². The molecule has 1 N–H and O–H groups in total. The highest BCUT2D eigenvalue weighted by Crippen LogP contribution is 2.37. The fourth-order valence-corrected chi connectivity index (χ4v) is 3.84. The molecule has 0 saturated heterocycles. The minimum atomic E-state index is -0.305. The molecule has 1 saturated carbocycles. The Labute approximate surface area is 116 Å². The first kappa shape index (κ1) is 13.1. The number of hydrogen-bond donors (Lipinski definition) is 1. The zero-order valence-corrected chi connectivity index (χ0v) is 12.0. The fourth-order valence-electron chi connectivity index (χ4n) is 3.84. The van der Waals surface area contributed by atoms with Gasteiger partial charge in [0.2, 0.25) is 0 Å². The smallest absolute Gasteiger partial charge is 0.0951 e. The van der Waals surface area contributed by atoms with E-state index in [9.17, 15) is 5.11 Å². The summed E-state index contributed by atoms with van der Waals surface area (Å²) in [5.74, 6) is 0.885. The van der Waals surface area contributed by atoms with Gasteiger partial charge in [-0.15, -0.1) is 0 Å². The van der Waals surface area contributed by atoms with Crippen molar-refractivity contribution in [2.75, 3.05) is 7.05 Å². The van der Waals surface area contributed by atoms with E-state index in [1.807, 2.05) is 6.07 Å². The number of likely N-dealkylation sites (N-methyl/N-ethyl adjacent to an activating group) is 1. The molecule has 104 valence electrons. The zero-order chi connectivity index (χ0) is 13.4. The van der Waals surface area contributed by atoms with Crippen LogP contribution in [0.5, 0.6) is 0 Å². The van der Waals surface area contributed by atoms with Crippen molar-refractivity contribution < 1.29 is 5.11 Å². The second-order valence-electron chi connectivity index (χ2n) is 6.49. The van der Waals surface area contributed by atoms with Crippen molar-refractivity contribution in [2.45, 2.75) is 57.2 Å². The minimum absolute atomic E-state index is 0.274. The van der Waals surface area contributed by atoms with E-state index >= 15 is 0 Å². The van der Waals surface area contributed by atoms with E-state index in [2.05, 4.69) is 37.1 Å². The summed E-state index contributed by atoms with van der Waals surface area (Å²) >= 11 is 0. The van der Waals surface area contributed by atoms with Crippen molar-refractivity contribution in [2.24, 2.45) is 5.92 Å². The number of benzene rings is 1. The molecule has 2 heteroatoms. The zero-order valence-electron chi connectivity index (χ0n) is 12.0. The minimum Gasteiger partial charge on any atom is -0.387 e. The Morgan fingerprint density at radius 2 is 1.79 bits per heavy atom. The summed E-state index contributed by atoms with van der Waals surface area (Å²) in [5.41, 5.74) is 2.47. The molecule has 2 nitrogen and oxygen atoms in total. The second-order valence-corrected chi connectivity index (χ2v) is 6.49. The molecule has 1 aromatic rings. The summed E-state index contributed by atoms with van der Waals surface area (Å²) in [7, 11) is 2.21. The molecule has 0 amide bonds. The van der Waals surface area contributed by atoms with Gasteiger partial charge in [0.05, 0.1) is 6.10 Å². The van der Waals surface area contributed by atoms with Crippen LogP contribution in [0.15, 0.2) is 24.3 Å². The van der Waals surface area contributed by atoms with E-state index < -0.39 is 0 Å². The predicted molar refractivity (Wildman–Crippen MR) is 78.1 cm³/mol. The van der Waals surface area contributed by atoms with Gasteiger partial charge in [0.1, 0.15) is 0 Å². The fraction of sp³-hybridized carbons (Fsp3) is 0.647. The highest BCUT2D eigenvalue weighted by atomic mass is 16.3. The number of fused-ring (bicyclic) bond motifs is 1. The molecule has 2 unspecified atom stereocenters. The number of aliphatic hydroxyl groups is 1. The van der Waals surface area contributed by atoms with Crippen LogP contribution in [0, 0.1) is 5.92 Å². The van der Waals surface area contributed by atoms with Gasteiger partial charge in [-0.05, 0) is 56.2 Å². The molecule has 1 fully saturated rings. The van der Waals surface area contributed by atoms with E-state index in [4.69, 9.17) is 0 Å². The standard InChI is InChI=1S/C17H25NO/c1-12-7-9-14(10-8-12)18(2)16-11-13-5-3-4-6-15(13)17(16)19/h3-6,12,14,16-17,19H,7-11H2,1-2H3. The molecule has 2 atom stereocenters. The Kier molecular flexibility index (Phi) is 3.64. The second kappa shape index (κ2) is 5.26. The molecule has 2 aliphatic carbocycles. The number of aliphatic hydroxyl groups excluding tert-OH is 1. The van der Waals surface area contributed by atoms with Gasteiger partial charge in [0, 0.05) is 12.1 Å². The van der Waals surface area contributed by atoms with E-state index in [0.717, 1.165) is 17.9 Å². The third-order valence-electron chi connectivity index (χ3n) is 5.25. The van der Waals surface area contributed by atoms with Crippen molar-refractivity contribution in [3.05, 3.63) is 35.4 Å². The van der Waals surface area contributed by atoms with Gasteiger partial charge < -0.3 is 5.11 Å². The first-order chi connectivity index (χ1) is 9.16. The van der Waals surface area contributed by atoms with Crippen LogP contribution in [0.25, 0.3) is 0 Å². The van der Waals surface area contributed by atoms with Gasteiger partial charge in [0.15, 0.2) is 0 Å². The molecule has 0 heterocycles. The highest BCUT2D eigenvalue weighted by Gasteiger charge is 2.36. The van der Waals surface area contributed by atoms with Crippen molar-refractivity contribution in [1.82, 2.24) is 4.90 Å². The molecular weight excluding hydrogens is 234 g/mol. The van der Waals surface area contributed by atoms with Crippen LogP contribution >= 0.6 is 0 Å². The van der Waals surface area contributed by atoms with Crippen LogP contribution in [0.1, 0.15) is 49.8 Å². The van der Waals surface area contributed by atoms with Gasteiger partial charge in [-0.3, -0.25) is 4.90 Å². The lowest BCUT2D eigenvalue weighted by Crippen LogP contribution is -2.44. The van der Waals surface area contributed by atoms with Crippen molar-refractivity contribution in [3.8, 4) is 0 Å². The highest BCUT2D eigenvalue weighted by molar-refractivity contribution is 5.35. The van der Waals surface area contributed by atoms with Crippen molar-refractivity contribution >= 4 is 0 Å². The summed E-state index contributed by atoms with van der Waals surface area (Å²) in [6.07, 6.45) is 5.95. The first-order valence-corrected chi connectivity index (χ1v) is 7.64. The largest absolute Gasteiger partial charge is 0.387 e. The SMILES string of the molecule is CC1CCC(N(C)C2Cc3ccccc3C2O)CC1. The number of rotatable bonds is 2. The Hall–Kier alpha value is -0.860. The Morgan fingerprint density at radius 3 is 2.47 bits per heavy atom. The lowest BCUT2D eigenvalue weighted by Gasteiger charge is -2.38. The molecule has 0 spiro atoms. The summed E-state index contributed by atoms with van der Waals surface area (Å²) in [5, 5.41) is 10.6. The molecule has 19 heavy (non-hydrogen) atoms. The van der Waals surface area contributed by atoms with Crippen LogP contribution in [0.2, 0.25) is 0 Å². The average Bonchev–Trinajstić information content (AvgIpc) is 2.77.